The molecule has 6 nitrogen and oxygen atoms in total. The van der Waals surface area contributed by atoms with Crippen molar-refractivity contribution in [2.75, 3.05) is 23.4 Å². The first-order valence-electron chi connectivity index (χ1n) is 10.8. The number of hydrogen-bond acceptors (Lipinski definition) is 5. The Labute approximate surface area is 166 Å². The average molecular weight is 383 g/mol. The van der Waals surface area contributed by atoms with Crippen molar-refractivity contribution in [3.63, 3.8) is 0 Å². The largest absolute Gasteiger partial charge is 0.390 e. The third-order valence-corrected chi connectivity index (χ3v) is 6.54. The van der Waals surface area contributed by atoms with E-state index in [1.165, 1.54) is 12.8 Å². The molecule has 3 fully saturated rings. The van der Waals surface area contributed by atoms with Gasteiger partial charge >= 0.3 is 0 Å². The fraction of sp³-hybridized carbons (Fsp3) is 0.636. The van der Waals surface area contributed by atoms with E-state index in [1.807, 2.05) is 11.1 Å². The van der Waals surface area contributed by atoms with Crippen molar-refractivity contribution >= 4 is 23.5 Å². The van der Waals surface area contributed by atoms with E-state index >= 15 is 0 Å². The van der Waals surface area contributed by atoms with Gasteiger partial charge in [-0.3, -0.25) is 9.80 Å². The first-order chi connectivity index (χ1) is 13.6. The maximum atomic E-state index is 12.3. The highest BCUT2D eigenvalue weighted by Crippen LogP contribution is 2.37. The zero-order valence-electron chi connectivity index (χ0n) is 16.4. The number of hydrogen-bond donors (Lipinski definition) is 2. The number of hydrazone groups is 1. The SMILES string of the molecule is O=C(C1CC1)N1CCC(O)(CC2CC=NN2c2cccc(NC3CC3)c2)CC1. The molecule has 5 rings (SSSR count). The molecule has 0 spiro atoms. The Hall–Kier alpha value is -2.08. The molecule has 0 radical (unpaired) electrons. The maximum absolute atomic E-state index is 12.3. The Kier molecular flexibility index (Phi) is 4.54. The summed E-state index contributed by atoms with van der Waals surface area (Å²) in [5.41, 5.74) is 1.52. The van der Waals surface area contributed by atoms with Crippen molar-refractivity contribution in [1.29, 1.82) is 0 Å². The van der Waals surface area contributed by atoms with Crippen LogP contribution in [0.1, 0.15) is 51.4 Å². The lowest BCUT2D eigenvalue weighted by Gasteiger charge is -2.40. The smallest absolute Gasteiger partial charge is 0.225 e. The summed E-state index contributed by atoms with van der Waals surface area (Å²) in [7, 11) is 0. The van der Waals surface area contributed by atoms with E-state index in [0.717, 1.165) is 30.6 Å². The van der Waals surface area contributed by atoms with Crippen molar-refractivity contribution in [2.45, 2.75) is 69.1 Å². The molecule has 1 amide bonds. The van der Waals surface area contributed by atoms with Crippen molar-refractivity contribution in [1.82, 2.24) is 4.90 Å². The number of nitrogens with zero attached hydrogens (tertiary/aromatic N) is 3. The number of rotatable bonds is 6. The summed E-state index contributed by atoms with van der Waals surface area (Å²) < 4.78 is 0. The molecule has 2 heterocycles. The van der Waals surface area contributed by atoms with Crippen LogP contribution in [0.2, 0.25) is 0 Å². The van der Waals surface area contributed by atoms with Crippen LogP contribution in [0.15, 0.2) is 29.4 Å². The van der Waals surface area contributed by atoms with Crippen LogP contribution in [0.25, 0.3) is 0 Å². The Morgan fingerprint density at radius 1 is 1.21 bits per heavy atom. The summed E-state index contributed by atoms with van der Waals surface area (Å²) >= 11 is 0. The number of amides is 1. The molecule has 2 N–H and O–H groups in total. The van der Waals surface area contributed by atoms with Gasteiger partial charge in [0.1, 0.15) is 0 Å². The first kappa shape index (κ1) is 18.0. The van der Waals surface area contributed by atoms with E-state index in [9.17, 15) is 9.90 Å². The van der Waals surface area contributed by atoms with Crippen LogP contribution in [0.3, 0.4) is 0 Å². The highest BCUT2D eigenvalue weighted by molar-refractivity contribution is 5.81. The second kappa shape index (κ2) is 7.07. The van der Waals surface area contributed by atoms with E-state index < -0.39 is 5.60 Å². The average Bonchev–Trinajstić information content (AvgIpc) is 3.62. The second-order valence-corrected chi connectivity index (χ2v) is 9.03. The van der Waals surface area contributed by atoms with Gasteiger partial charge in [0.2, 0.25) is 5.91 Å². The van der Waals surface area contributed by atoms with Gasteiger partial charge in [-0.1, -0.05) is 6.07 Å². The molecule has 0 aromatic heterocycles. The van der Waals surface area contributed by atoms with E-state index in [2.05, 4.69) is 39.7 Å². The summed E-state index contributed by atoms with van der Waals surface area (Å²) in [5, 5.41) is 21.4. The van der Waals surface area contributed by atoms with E-state index in [0.29, 0.717) is 44.3 Å². The van der Waals surface area contributed by atoms with Gasteiger partial charge in [0.15, 0.2) is 0 Å². The van der Waals surface area contributed by atoms with Crippen LogP contribution in [0.5, 0.6) is 0 Å². The Morgan fingerprint density at radius 3 is 2.71 bits per heavy atom. The minimum Gasteiger partial charge on any atom is -0.390 e. The summed E-state index contributed by atoms with van der Waals surface area (Å²) in [5.74, 6) is 0.564. The predicted molar refractivity (Wildman–Crippen MR) is 111 cm³/mol. The molecular weight excluding hydrogens is 352 g/mol. The molecule has 150 valence electrons. The van der Waals surface area contributed by atoms with Crippen LogP contribution in [0.4, 0.5) is 11.4 Å². The first-order valence-corrected chi connectivity index (χ1v) is 10.8. The Bertz CT molecular complexity index is 764. The standard InChI is InChI=1S/C22H30N4O2/c27-21(16-4-5-16)25-12-9-22(28,10-13-25)15-20-8-11-23-26(20)19-3-1-2-18(14-19)24-17-6-7-17/h1-3,11,14,16-17,20,24,28H,4-10,12-13,15H2. The van der Waals surface area contributed by atoms with E-state index in [4.69, 9.17) is 0 Å². The molecule has 2 saturated carbocycles. The highest BCUT2D eigenvalue weighted by atomic mass is 16.3. The monoisotopic (exact) mass is 382 g/mol. The lowest BCUT2D eigenvalue weighted by Crippen LogP contribution is -2.49. The van der Waals surface area contributed by atoms with Crippen LogP contribution in [0, 0.1) is 5.92 Å². The van der Waals surface area contributed by atoms with Crippen molar-refractivity contribution in [2.24, 2.45) is 11.0 Å². The number of nitrogens with one attached hydrogen (secondary N) is 1. The van der Waals surface area contributed by atoms with Crippen LogP contribution < -0.4 is 10.3 Å². The number of aliphatic hydroxyl groups is 1. The van der Waals surface area contributed by atoms with Crippen LogP contribution >= 0.6 is 0 Å². The molecule has 28 heavy (non-hydrogen) atoms. The Balaban J connectivity index is 1.22. The minimum absolute atomic E-state index is 0.173. The van der Waals surface area contributed by atoms with E-state index in [-0.39, 0.29) is 12.0 Å². The van der Waals surface area contributed by atoms with Crippen molar-refractivity contribution in [3.8, 4) is 0 Å². The highest BCUT2D eigenvalue weighted by Gasteiger charge is 2.41. The molecule has 2 aliphatic carbocycles. The molecule has 0 bridgehead atoms. The number of carbonyl (C=O) groups excluding carboxylic acids is 1. The third-order valence-electron chi connectivity index (χ3n) is 6.54. The molecule has 4 aliphatic rings. The van der Waals surface area contributed by atoms with Gasteiger partial charge in [-0.25, -0.2) is 0 Å². The van der Waals surface area contributed by atoms with Crippen LogP contribution in [-0.2, 0) is 4.79 Å². The summed E-state index contributed by atoms with van der Waals surface area (Å²) in [4.78, 5) is 14.2. The van der Waals surface area contributed by atoms with Gasteiger partial charge in [0, 0.05) is 43.4 Å². The number of anilines is 2. The quantitative estimate of drug-likeness (QED) is 0.794. The molecule has 1 saturated heterocycles. The minimum atomic E-state index is -0.708. The van der Waals surface area contributed by atoms with Crippen LogP contribution in [-0.4, -0.2) is 52.9 Å². The lowest BCUT2D eigenvalue weighted by atomic mass is 9.84. The summed E-state index contributed by atoms with van der Waals surface area (Å²) in [6.07, 6.45) is 9.43. The third kappa shape index (κ3) is 3.88. The molecule has 1 aromatic carbocycles. The van der Waals surface area contributed by atoms with E-state index in [1.54, 1.807) is 0 Å². The number of carbonyl (C=O) groups is 1. The summed E-state index contributed by atoms with van der Waals surface area (Å²) in [6.45, 7) is 1.36. The Morgan fingerprint density at radius 2 is 2.00 bits per heavy atom. The molecule has 1 aromatic rings. The fourth-order valence-corrected chi connectivity index (χ4v) is 4.47. The molecule has 2 aliphatic heterocycles. The van der Waals surface area contributed by atoms with Gasteiger partial charge in [-0.2, -0.15) is 5.10 Å². The molecule has 6 heteroatoms. The zero-order chi connectivity index (χ0) is 19.1. The molecular formula is C22H30N4O2. The molecule has 1 unspecified atom stereocenters. The lowest BCUT2D eigenvalue weighted by molar-refractivity contribution is -0.137. The van der Waals surface area contributed by atoms with Gasteiger partial charge in [0.25, 0.3) is 0 Å². The van der Waals surface area contributed by atoms with Gasteiger partial charge in [-0.15, -0.1) is 0 Å². The second-order valence-electron chi connectivity index (χ2n) is 9.03. The van der Waals surface area contributed by atoms with Gasteiger partial charge < -0.3 is 15.3 Å². The number of piperidine rings is 1. The van der Waals surface area contributed by atoms with Gasteiger partial charge in [0.05, 0.1) is 17.3 Å². The van der Waals surface area contributed by atoms with Crippen molar-refractivity contribution < 1.29 is 9.90 Å². The topological polar surface area (TPSA) is 68.2 Å². The zero-order valence-corrected chi connectivity index (χ0v) is 16.4. The predicted octanol–water partition coefficient (Wildman–Crippen LogP) is 2.98. The van der Waals surface area contributed by atoms with Crippen molar-refractivity contribution in [3.05, 3.63) is 24.3 Å². The number of likely N-dealkylation sites (tertiary alicyclic amines) is 1. The molecule has 1 atom stereocenters. The normalized spacial score (nSPS) is 26.5. The fourth-order valence-electron chi connectivity index (χ4n) is 4.47. The maximum Gasteiger partial charge on any atom is 0.225 e. The number of benzene rings is 1. The van der Waals surface area contributed by atoms with Gasteiger partial charge in [-0.05, 0) is 63.1 Å². The summed E-state index contributed by atoms with van der Waals surface area (Å²) in [6, 6.07) is 9.23.